The minimum absolute atomic E-state index is 0.0580. The zero-order valence-electron chi connectivity index (χ0n) is 25.4. The molecule has 0 aromatic heterocycles. The van der Waals surface area contributed by atoms with E-state index in [-0.39, 0.29) is 24.9 Å². The highest BCUT2D eigenvalue weighted by Gasteiger charge is 2.59. The molecule has 2 atom stereocenters. The number of nitrogens with zero attached hydrogens (tertiary/aromatic N) is 1. The molecule has 2 fully saturated rings. The summed E-state index contributed by atoms with van der Waals surface area (Å²) in [6.45, 7) is 0.116. The van der Waals surface area contributed by atoms with Crippen LogP contribution in [0.4, 0.5) is 0 Å². The van der Waals surface area contributed by atoms with E-state index in [0.29, 0.717) is 0 Å². The maximum Gasteiger partial charge on any atom is 0.286 e. The minimum atomic E-state index is -3.00. The Morgan fingerprint density at radius 2 is 1.14 bits per heavy atom. The molecule has 8 nitrogen and oxygen atoms in total. The smallest absolute Gasteiger partial charge is 0.286 e. The molecule has 4 rings (SSSR count). The molecule has 0 radical (unpaired) electrons. The molecule has 2 aliphatic rings. The number of benzene rings is 2. The van der Waals surface area contributed by atoms with Crippen LogP contribution in [0.1, 0.15) is 87.5 Å². The average Bonchev–Trinajstić information content (AvgIpc) is 3.02. The number of rotatable bonds is 13. The zero-order chi connectivity index (χ0) is 30.2. The van der Waals surface area contributed by atoms with Gasteiger partial charge in [-0.25, -0.2) is 0 Å². The Labute approximate surface area is 251 Å². The van der Waals surface area contributed by atoms with Crippen molar-refractivity contribution in [2.75, 3.05) is 27.3 Å². The SMILES string of the molecule is COC(CN(CC(OC)c1ccccc1)C(=O)C(O)(O)C(N)(N)C(C1CCCCC1)C1CCCCC1)c1ccccc1. The normalized spacial score (nSPS) is 19.0. The molecule has 42 heavy (non-hydrogen) atoms. The summed E-state index contributed by atoms with van der Waals surface area (Å²) in [6.07, 6.45) is 9.27. The minimum Gasteiger partial charge on any atom is -0.375 e. The van der Waals surface area contributed by atoms with Gasteiger partial charge in [0.05, 0.1) is 25.3 Å². The third kappa shape index (κ3) is 7.41. The van der Waals surface area contributed by atoms with E-state index >= 15 is 0 Å². The third-order valence-corrected chi connectivity index (χ3v) is 9.74. The van der Waals surface area contributed by atoms with Crippen molar-refractivity contribution < 1.29 is 24.5 Å². The van der Waals surface area contributed by atoms with Gasteiger partial charge in [-0.1, -0.05) is 125 Å². The van der Waals surface area contributed by atoms with Crippen molar-refractivity contribution in [2.24, 2.45) is 29.2 Å². The van der Waals surface area contributed by atoms with E-state index in [2.05, 4.69) is 0 Å². The number of hydrogen-bond donors (Lipinski definition) is 4. The fraction of sp³-hybridized carbons (Fsp3) is 0.618. The van der Waals surface area contributed by atoms with Crippen LogP contribution in [0.3, 0.4) is 0 Å². The first-order valence-electron chi connectivity index (χ1n) is 15.7. The number of nitrogens with two attached hydrogens (primary N) is 2. The number of methoxy groups -OCH3 is 2. The predicted molar refractivity (Wildman–Crippen MR) is 164 cm³/mol. The van der Waals surface area contributed by atoms with E-state index < -0.39 is 35.5 Å². The molecule has 8 heteroatoms. The van der Waals surface area contributed by atoms with Crippen molar-refractivity contribution >= 4 is 5.91 Å². The number of amides is 1. The van der Waals surface area contributed by atoms with Crippen molar-refractivity contribution in [1.29, 1.82) is 0 Å². The van der Waals surface area contributed by atoms with Crippen LogP contribution in [-0.4, -0.2) is 59.8 Å². The van der Waals surface area contributed by atoms with Crippen LogP contribution in [0.25, 0.3) is 0 Å². The molecule has 2 aromatic carbocycles. The summed E-state index contributed by atoms with van der Waals surface area (Å²) in [4.78, 5) is 15.8. The number of ether oxygens (including phenoxy) is 2. The van der Waals surface area contributed by atoms with E-state index in [1.165, 1.54) is 4.90 Å². The Kier molecular flexibility index (Phi) is 11.6. The second-order valence-corrected chi connectivity index (χ2v) is 12.4. The molecule has 0 aliphatic heterocycles. The molecule has 0 saturated heterocycles. The summed E-state index contributed by atoms with van der Waals surface area (Å²) in [5.74, 6) is -4.04. The highest BCUT2D eigenvalue weighted by molar-refractivity contribution is 5.85. The molecular weight excluding hydrogens is 530 g/mol. The van der Waals surface area contributed by atoms with Crippen molar-refractivity contribution in [3.63, 3.8) is 0 Å². The lowest BCUT2D eigenvalue weighted by Crippen LogP contribution is -2.77. The molecule has 0 heterocycles. The van der Waals surface area contributed by atoms with Gasteiger partial charge in [-0.15, -0.1) is 0 Å². The Hall–Kier alpha value is -2.33. The summed E-state index contributed by atoms with van der Waals surface area (Å²) in [5, 5.41) is 23.7. The summed E-state index contributed by atoms with van der Waals surface area (Å²) in [6, 6.07) is 19.1. The Balaban J connectivity index is 1.69. The van der Waals surface area contributed by atoms with E-state index in [9.17, 15) is 15.0 Å². The first-order valence-corrected chi connectivity index (χ1v) is 15.7. The van der Waals surface area contributed by atoms with Gasteiger partial charge in [0.1, 0.15) is 5.66 Å². The number of aliphatic hydroxyl groups is 2. The summed E-state index contributed by atoms with van der Waals surface area (Å²) < 4.78 is 11.6. The molecule has 0 bridgehead atoms. The van der Waals surface area contributed by atoms with E-state index in [4.69, 9.17) is 20.9 Å². The summed E-state index contributed by atoms with van der Waals surface area (Å²) in [7, 11) is 3.16. The van der Waals surface area contributed by atoms with Gasteiger partial charge < -0.3 is 36.1 Å². The fourth-order valence-corrected chi connectivity index (χ4v) is 7.40. The Morgan fingerprint density at radius 1 is 0.762 bits per heavy atom. The third-order valence-electron chi connectivity index (χ3n) is 9.74. The second kappa shape index (κ2) is 14.9. The second-order valence-electron chi connectivity index (χ2n) is 12.4. The van der Waals surface area contributed by atoms with Crippen LogP contribution in [0.5, 0.6) is 0 Å². The lowest BCUT2D eigenvalue weighted by Gasteiger charge is -2.51. The average molecular weight is 582 g/mol. The predicted octanol–water partition coefficient (Wildman–Crippen LogP) is 4.66. The first kappa shape index (κ1) is 32.6. The molecular formula is C34H51N3O5. The van der Waals surface area contributed by atoms with Crippen molar-refractivity contribution in [1.82, 2.24) is 4.90 Å². The van der Waals surface area contributed by atoms with Crippen LogP contribution < -0.4 is 11.5 Å². The van der Waals surface area contributed by atoms with Gasteiger partial charge in [0.15, 0.2) is 0 Å². The van der Waals surface area contributed by atoms with Crippen LogP contribution in [0, 0.1) is 17.8 Å². The molecule has 6 N–H and O–H groups in total. The largest absolute Gasteiger partial charge is 0.375 e. The van der Waals surface area contributed by atoms with Gasteiger partial charge in [0.2, 0.25) is 0 Å². The molecule has 0 spiro atoms. The topological polar surface area (TPSA) is 131 Å². The number of hydrogen-bond acceptors (Lipinski definition) is 7. The quantitative estimate of drug-likeness (QED) is 0.253. The molecule has 2 aliphatic carbocycles. The number of carbonyl (C=O) groups is 1. The standard InChI is InChI=1S/C34H51N3O5/c1-41-29(25-15-7-3-8-16-25)23-37(24-30(42-2)26-17-9-4-10-18-26)32(38)34(39,40)33(35,36)31(27-19-11-5-12-20-27)28-21-13-6-14-22-28/h3-4,7-10,15-18,27-31,39-40H,5-6,11-14,19-24,35-36H2,1-2H3. The van der Waals surface area contributed by atoms with Crippen LogP contribution in [0.2, 0.25) is 0 Å². The monoisotopic (exact) mass is 581 g/mol. The van der Waals surface area contributed by atoms with E-state index in [0.717, 1.165) is 75.3 Å². The van der Waals surface area contributed by atoms with Crippen LogP contribution in [0.15, 0.2) is 60.7 Å². The van der Waals surface area contributed by atoms with Crippen LogP contribution >= 0.6 is 0 Å². The lowest BCUT2D eigenvalue weighted by molar-refractivity contribution is -0.238. The Morgan fingerprint density at radius 3 is 1.50 bits per heavy atom. The van der Waals surface area contributed by atoms with Crippen molar-refractivity contribution in [2.45, 2.75) is 87.9 Å². The van der Waals surface area contributed by atoms with Crippen LogP contribution in [-0.2, 0) is 14.3 Å². The summed E-state index contributed by atoms with van der Waals surface area (Å²) in [5.41, 5.74) is 13.4. The lowest BCUT2D eigenvalue weighted by atomic mass is 9.63. The van der Waals surface area contributed by atoms with Gasteiger partial charge in [-0.05, 0) is 23.0 Å². The molecule has 232 valence electrons. The van der Waals surface area contributed by atoms with Gasteiger partial charge in [-0.3, -0.25) is 4.79 Å². The maximum absolute atomic E-state index is 14.4. The summed E-state index contributed by atoms with van der Waals surface area (Å²) >= 11 is 0. The van der Waals surface area contributed by atoms with Gasteiger partial charge in [0, 0.05) is 20.1 Å². The Bertz CT molecular complexity index is 1020. The zero-order valence-corrected chi connectivity index (χ0v) is 25.4. The van der Waals surface area contributed by atoms with E-state index in [1.54, 1.807) is 14.2 Å². The molecule has 2 unspecified atom stereocenters. The van der Waals surface area contributed by atoms with Gasteiger partial charge in [0.25, 0.3) is 11.7 Å². The highest BCUT2D eigenvalue weighted by Crippen LogP contribution is 2.45. The van der Waals surface area contributed by atoms with E-state index in [1.807, 2.05) is 60.7 Å². The maximum atomic E-state index is 14.4. The van der Waals surface area contributed by atoms with Crippen molar-refractivity contribution in [3.05, 3.63) is 71.8 Å². The highest BCUT2D eigenvalue weighted by atomic mass is 16.5. The van der Waals surface area contributed by atoms with Crippen molar-refractivity contribution in [3.8, 4) is 0 Å². The number of carbonyl (C=O) groups excluding carboxylic acids is 1. The molecule has 2 saturated carbocycles. The van der Waals surface area contributed by atoms with Gasteiger partial charge >= 0.3 is 0 Å². The van der Waals surface area contributed by atoms with Gasteiger partial charge in [-0.2, -0.15) is 0 Å². The first-order chi connectivity index (χ1) is 20.2. The molecule has 1 amide bonds. The molecule has 2 aromatic rings. The fourth-order valence-electron chi connectivity index (χ4n) is 7.40.